The first-order valence-electron chi connectivity index (χ1n) is 9.86. The third kappa shape index (κ3) is 5.56. The molecule has 1 saturated heterocycles. The number of carbonyl (C=O) groups is 1. The van der Waals surface area contributed by atoms with Gasteiger partial charge in [0.15, 0.2) is 0 Å². The Balaban J connectivity index is 1.72. The van der Waals surface area contributed by atoms with Crippen molar-refractivity contribution in [3.63, 3.8) is 0 Å². The number of anilines is 1. The molecule has 0 amide bonds. The Kier molecular flexibility index (Phi) is 7.09. The number of carboxylic acids is 1. The van der Waals surface area contributed by atoms with E-state index in [0.717, 1.165) is 32.1 Å². The van der Waals surface area contributed by atoms with Gasteiger partial charge in [0.05, 0.1) is 17.4 Å². The van der Waals surface area contributed by atoms with Gasteiger partial charge in [-0.1, -0.05) is 11.6 Å². The lowest BCUT2D eigenvalue weighted by Gasteiger charge is -2.17. The first kappa shape index (κ1) is 20.8. The zero-order chi connectivity index (χ0) is 20.0. The predicted molar refractivity (Wildman–Crippen MR) is 107 cm³/mol. The van der Waals surface area contributed by atoms with Gasteiger partial charge in [-0.25, -0.2) is 17.9 Å². The predicted octanol–water partition coefficient (Wildman–Crippen LogP) is 3.14. The number of carboxylic acid groups (broad SMARTS) is 1. The Morgan fingerprint density at radius 1 is 1.25 bits per heavy atom. The smallest absolute Gasteiger partial charge is 0.335 e. The Bertz CT molecular complexity index is 829. The van der Waals surface area contributed by atoms with Crippen LogP contribution < -0.4 is 10.0 Å². The molecule has 0 bridgehead atoms. The molecule has 1 aliphatic heterocycles. The summed E-state index contributed by atoms with van der Waals surface area (Å²) in [4.78, 5) is 11.3. The van der Waals surface area contributed by atoms with Crippen LogP contribution in [0.1, 0.15) is 55.3 Å². The third-order valence-electron chi connectivity index (χ3n) is 5.19. The molecule has 1 heterocycles. The summed E-state index contributed by atoms with van der Waals surface area (Å²) in [7, 11) is -3.86. The van der Waals surface area contributed by atoms with Gasteiger partial charge in [-0.05, 0) is 63.1 Å². The molecular weight excluding hydrogens is 380 g/mol. The molecule has 1 aliphatic carbocycles. The molecule has 0 radical (unpaired) electrons. The van der Waals surface area contributed by atoms with Crippen LogP contribution >= 0.6 is 0 Å². The van der Waals surface area contributed by atoms with Gasteiger partial charge >= 0.3 is 5.97 Å². The Morgan fingerprint density at radius 3 is 2.79 bits per heavy atom. The van der Waals surface area contributed by atoms with Crippen LogP contribution in [0, 0.1) is 0 Å². The van der Waals surface area contributed by atoms with Crippen LogP contribution in [0.4, 0.5) is 5.69 Å². The largest absolute Gasteiger partial charge is 0.478 e. The molecule has 0 saturated carbocycles. The highest BCUT2D eigenvalue weighted by atomic mass is 32.2. The van der Waals surface area contributed by atoms with Crippen molar-refractivity contribution in [1.82, 2.24) is 4.72 Å². The Hall–Kier alpha value is -1.90. The number of hydrogen-bond donors (Lipinski definition) is 3. The van der Waals surface area contributed by atoms with E-state index in [1.807, 2.05) is 0 Å². The zero-order valence-corrected chi connectivity index (χ0v) is 16.8. The number of ether oxygens (including phenoxy) is 1. The minimum atomic E-state index is -3.86. The van der Waals surface area contributed by atoms with E-state index in [2.05, 4.69) is 16.1 Å². The van der Waals surface area contributed by atoms with Crippen molar-refractivity contribution in [3.8, 4) is 0 Å². The number of sulfonamides is 1. The van der Waals surface area contributed by atoms with Crippen LogP contribution in [0.3, 0.4) is 0 Å². The maximum Gasteiger partial charge on any atom is 0.335 e. The van der Waals surface area contributed by atoms with Crippen LogP contribution in [0.25, 0.3) is 0 Å². The molecule has 3 N–H and O–H groups in total. The molecule has 1 unspecified atom stereocenters. The lowest BCUT2D eigenvalue weighted by molar-refractivity contribution is 0.0696. The van der Waals surface area contributed by atoms with Gasteiger partial charge in [0.1, 0.15) is 4.90 Å². The highest BCUT2D eigenvalue weighted by molar-refractivity contribution is 7.89. The highest BCUT2D eigenvalue weighted by Gasteiger charge is 2.24. The van der Waals surface area contributed by atoms with Crippen molar-refractivity contribution in [2.75, 3.05) is 25.0 Å². The maximum absolute atomic E-state index is 12.8. The molecule has 1 aromatic carbocycles. The second kappa shape index (κ2) is 9.54. The van der Waals surface area contributed by atoms with E-state index in [1.54, 1.807) is 0 Å². The van der Waals surface area contributed by atoms with Crippen molar-refractivity contribution < 1.29 is 23.1 Å². The lowest BCUT2D eigenvalue weighted by atomic mass is 9.97. The molecule has 0 spiro atoms. The molecule has 1 atom stereocenters. The van der Waals surface area contributed by atoms with Gasteiger partial charge in [0.25, 0.3) is 0 Å². The van der Waals surface area contributed by atoms with Gasteiger partial charge in [-0.3, -0.25) is 0 Å². The minimum absolute atomic E-state index is 0.0389. The number of benzene rings is 1. The van der Waals surface area contributed by atoms with Crippen molar-refractivity contribution in [2.24, 2.45) is 0 Å². The summed E-state index contributed by atoms with van der Waals surface area (Å²) in [6.07, 6.45) is 9.35. The summed E-state index contributed by atoms with van der Waals surface area (Å²) in [5.74, 6) is -1.16. The molecule has 0 aromatic heterocycles. The topological polar surface area (TPSA) is 105 Å². The minimum Gasteiger partial charge on any atom is -0.478 e. The fraction of sp³-hybridized carbons (Fsp3) is 0.550. The van der Waals surface area contributed by atoms with Crippen LogP contribution in [0.2, 0.25) is 0 Å². The van der Waals surface area contributed by atoms with Crippen molar-refractivity contribution in [1.29, 1.82) is 0 Å². The second-order valence-corrected chi connectivity index (χ2v) is 9.02. The molecule has 28 heavy (non-hydrogen) atoms. The lowest BCUT2D eigenvalue weighted by Crippen LogP contribution is -2.32. The van der Waals surface area contributed by atoms with E-state index in [9.17, 15) is 18.3 Å². The van der Waals surface area contributed by atoms with E-state index in [-0.39, 0.29) is 23.1 Å². The summed E-state index contributed by atoms with van der Waals surface area (Å²) in [6, 6.07) is 4.16. The third-order valence-corrected chi connectivity index (χ3v) is 6.65. The van der Waals surface area contributed by atoms with Crippen molar-refractivity contribution >= 4 is 21.7 Å². The molecule has 8 heteroatoms. The molecular formula is C20H28N2O5S. The van der Waals surface area contributed by atoms with Crippen LogP contribution in [0.5, 0.6) is 0 Å². The fourth-order valence-electron chi connectivity index (χ4n) is 3.60. The van der Waals surface area contributed by atoms with Gasteiger partial charge in [0.2, 0.25) is 10.0 Å². The van der Waals surface area contributed by atoms with E-state index in [0.29, 0.717) is 18.8 Å². The van der Waals surface area contributed by atoms with Gasteiger partial charge in [-0.15, -0.1) is 0 Å². The quantitative estimate of drug-likeness (QED) is 0.542. The molecule has 7 nitrogen and oxygen atoms in total. The number of rotatable bonds is 9. The standard InChI is InChI=1S/C20H28N2O5S/c23-20(24)16-8-9-18(21-11-10-15-5-2-1-3-6-15)19(13-16)28(25,26)22-14-17-7-4-12-27-17/h5,8-9,13,17,21-22H,1-4,6-7,10-12,14H2,(H,23,24). The molecule has 1 aromatic rings. The van der Waals surface area contributed by atoms with Crippen molar-refractivity contribution in [3.05, 3.63) is 35.4 Å². The summed E-state index contributed by atoms with van der Waals surface area (Å²) >= 11 is 0. The zero-order valence-electron chi connectivity index (χ0n) is 15.9. The number of hydrogen-bond acceptors (Lipinski definition) is 5. The van der Waals surface area contributed by atoms with Crippen LogP contribution in [0.15, 0.2) is 34.7 Å². The SMILES string of the molecule is O=C(O)c1ccc(NCCC2=CCCCC2)c(S(=O)(=O)NCC2CCCO2)c1. The summed E-state index contributed by atoms with van der Waals surface area (Å²) < 4.78 is 33.7. The summed E-state index contributed by atoms with van der Waals surface area (Å²) in [5, 5.41) is 12.4. The van der Waals surface area contributed by atoms with E-state index in [1.165, 1.54) is 36.6 Å². The summed E-state index contributed by atoms with van der Waals surface area (Å²) in [5.41, 5.74) is 1.75. The van der Waals surface area contributed by atoms with Gasteiger partial charge in [0, 0.05) is 19.7 Å². The summed E-state index contributed by atoms with van der Waals surface area (Å²) in [6.45, 7) is 1.43. The van der Waals surface area contributed by atoms with Gasteiger partial charge in [-0.2, -0.15) is 0 Å². The maximum atomic E-state index is 12.8. The Morgan fingerprint density at radius 2 is 2.11 bits per heavy atom. The van der Waals surface area contributed by atoms with Gasteiger partial charge < -0.3 is 15.2 Å². The monoisotopic (exact) mass is 408 g/mol. The first-order chi connectivity index (χ1) is 13.5. The van der Waals surface area contributed by atoms with Crippen LogP contribution in [-0.4, -0.2) is 45.3 Å². The molecule has 2 aliphatic rings. The van der Waals surface area contributed by atoms with E-state index >= 15 is 0 Å². The van der Waals surface area contributed by atoms with Crippen LogP contribution in [-0.2, 0) is 14.8 Å². The van der Waals surface area contributed by atoms with E-state index < -0.39 is 16.0 Å². The molecule has 1 fully saturated rings. The first-order valence-corrected chi connectivity index (χ1v) is 11.3. The average Bonchev–Trinajstić information content (AvgIpc) is 3.21. The molecule has 154 valence electrons. The highest BCUT2D eigenvalue weighted by Crippen LogP contribution is 2.25. The fourth-order valence-corrected chi connectivity index (χ4v) is 4.87. The number of allylic oxidation sites excluding steroid dienone is 1. The normalized spacial score (nSPS) is 20.0. The van der Waals surface area contributed by atoms with E-state index in [4.69, 9.17) is 4.74 Å². The number of nitrogens with one attached hydrogen (secondary N) is 2. The van der Waals surface area contributed by atoms with Crippen molar-refractivity contribution in [2.45, 2.75) is 55.9 Å². The Labute approximate surface area is 166 Å². The molecule has 3 rings (SSSR count). The average molecular weight is 409 g/mol. The number of aromatic carboxylic acids is 1. The second-order valence-electron chi connectivity index (χ2n) is 7.29.